The molecule has 90 valence electrons. The zero-order valence-electron chi connectivity index (χ0n) is 10.1. The van der Waals surface area contributed by atoms with Crippen molar-refractivity contribution in [3.05, 3.63) is 58.5 Å². The van der Waals surface area contributed by atoms with E-state index in [9.17, 15) is 4.79 Å². The van der Waals surface area contributed by atoms with Crippen LogP contribution >= 0.6 is 0 Å². The minimum Gasteiger partial charge on any atom is -0.300 e. The topological polar surface area (TPSA) is 65.8 Å². The zero-order valence-corrected chi connectivity index (χ0v) is 10.1. The molecule has 2 aromatic rings. The Labute approximate surface area is 105 Å². The molecule has 2 rings (SSSR count). The Hall–Kier alpha value is -2.32. The summed E-state index contributed by atoms with van der Waals surface area (Å²) in [4.78, 5) is 14.1. The average molecular weight is 239 g/mol. The van der Waals surface area contributed by atoms with Crippen molar-refractivity contribution in [3.8, 4) is 0 Å². The maximum absolute atomic E-state index is 11.3. The fraction of sp³-hybridized carbons (Fsp3) is 0.214. The van der Waals surface area contributed by atoms with Crippen molar-refractivity contribution in [2.75, 3.05) is 0 Å². The largest absolute Gasteiger partial charge is 0.300 e. The number of ketones is 1. The Morgan fingerprint density at radius 3 is 2.72 bits per heavy atom. The van der Waals surface area contributed by atoms with Crippen molar-refractivity contribution in [1.29, 1.82) is 0 Å². The lowest BCUT2D eigenvalue weighted by atomic mass is 9.96. The monoisotopic (exact) mass is 239 g/mol. The van der Waals surface area contributed by atoms with Gasteiger partial charge < -0.3 is 4.79 Å². The number of nitrogens with zero attached hydrogens (tertiary/aromatic N) is 3. The van der Waals surface area contributed by atoms with Gasteiger partial charge in [-0.2, -0.15) is 0 Å². The quantitative estimate of drug-likeness (QED) is 0.448. The molecule has 0 heterocycles. The number of rotatable bonds is 4. The molecule has 0 saturated heterocycles. The Kier molecular flexibility index (Phi) is 3.60. The molecule has 0 saturated carbocycles. The number of carbonyl (C=O) groups excluding carboxylic acids is 1. The fourth-order valence-corrected chi connectivity index (χ4v) is 2.09. The maximum Gasteiger partial charge on any atom is 0.130 e. The first-order chi connectivity index (χ1) is 8.72. The van der Waals surface area contributed by atoms with E-state index in [1.54, 1.807) is 0 Å². The van der Waals surface area contributed by atoms with Crippen LogP contribution in [0.5, 0.6) is 0 Å². The van der Waals surface area contributed by atoms with Crippen LogP contribution in [0.1, 0.15) is 24.9 Å². The molecule has 4 heteroatoms. The minimum atomic E-state index is -0.432. The molecule has 0 N–H and O–H groups in total. The molecule has 0 fully saturated rings. The first-order valence-corrected chi connectivity index (χ1v) is 5.73. The van der Waals surface area contributed by atoms with Crippen molar-refractivity contribution in [2.45, 2.75) is 19.4 Å². The summed E-state index contributed by atoms with van der Waals surface area (Å²) < 4.78 is 0. The molecular weight excluding hydrogens is 226 g/mol. The van der Waals surface area contributed by atoms with E-state index >= 15 is 0 Å². The second-order valence-corrected chi connectivity index (χ2v) is 4.20. The predicted octanol–water partition coefficient (Wildman–Crippen LogP) is 4.17. The van der Waals surface area contributed by atoms with Gasteiger partial charge in [-0.25, -0.2) is 0 Å². The zero-order chi connectivity index (χ0) is 13.0. The average Bonchev–Trinajstić information content (AvgIpc) is 2.37. The summed E-state index contributed by atoms with van der Waals surface area (Å²) in [6.45, 7) is 1.50. The van der Waals surface area contributed by atoms with Gasteiger partial charge in [0.25, 0.3) is 0 Å². The van der Waals surface area contributed by atoms with Gasteiger partial charge in [-0.1, -0.05) is 47.6 Å². The molecule has 1 atom stereocenters. The Morgan fingerprint density at radius 2 is 2.00 bits per heavy atom. The Bertz CT molecular complexity index is 624. The minimum absolute atomic E-state index is 0.0142. The van der Waals surface area contributed by atoms with Crippen molar-refractivity contribution < 1.29 is 4.79 Å². The van der Waals surface area contributed by atoms with E-state index in [1.165, 1.54) is 6.92 Å². The smallest absolute Gasteiger partial charge is 0.130 e. The highest BCUT2D eigenvalue weighted by molar-refractivity contribution is 5.87. The van der Waals surface area contributed by atoms with E-state index in [0.717, 1.165) is 16.3 Å². The van der Waals surface area contributed by atoms with Crippen LogP contribution < -0.4 is 0 Å². The van der Waals surface area contributed by atoms with Gasteiger partial charge in [0.1, 0.15) is 5.78 Å². The second kappa shape index (κ2) is 5.34. The van der Waals surface area contributed by atoms with Gasteiger partial charge >= 0.3 is 0 Å². The number of benzene rings is 2. The standard InChI is InChI=1S/C14H13N3O/c1-10(18)9-14(16-17-15)13-8-4-6-11-5-2-3-7-12(11)13/h2-8,14H,9H2,1H3. The van der Waals surface area contributed by atoms with Crippen LogP contribution in [-0.2, 0) is 4.79 Å². The van der Waals surface area contributed by atoms with Gasteiger partial charge in [0.2, 0.25) is 0 Å². The van der Waals surface area contributed by atoms with Crippen LogP contribution in [0.3, 0.4) is 0 Å². The van der Waals surface area contributed by atoms with Crippen LogP contribution in [0.15, 0.2) is 47.6 Å². The molecule has 0 amide bonds. The third-order valence-corrected chi connectivity index (χ3v) is 2.85. The van der Waals surface area contributed by atoms with Gasteiger partial charge in [0, 0.05) is 11.3 Å². The number of carbonyl (C=O) groups is 1. The summed E-state index contributed by atoms with van der Waals surface area (Å²) in [7, 11) is 0. The van der Waals surface area contributed by atoms with Gasteiger partial charge in [-0.05, 0) is 28.8 Å². The highest BCUT2D eigenvalue weighted by Gasteiger charge is 2.14. The second-order valence-electron chi connectivity index (χ2n) is 4.20. The maximum atomic E-state index is 11.3. The van der Waals surface area contributed by atoms with Gasteiger partial charge in [0.05, 0.1) is 6.04 Å². The summed E-state index contributed by atoms with van der Waals surface area (Å²) in [6.07, 6.45) is 0.234. The summed E-state index contributed by atoms with van der Waals surface area (Å²) in [5, 5.41) is 5.85. The van der Waals surface area contributed by atoms with Crippen LogP contribution in [0.25, 0.3) is 21.2 Å². The highest BCUT2D eigenvalue weighted by atomic mass is 16.1. The van der Waals surface area contributed by atoms with Crippen LogP contribution in [-0.4, -0.2) is 5.78 Å². The fourth-order valence-electron chi connectivity index (χ4n) is 2.09. The van der Waals surface area contributed by atoms with E-state index in [1.807, 2.05) is 42.5 Å². The first kappa shape index (κ1) is 12.1. The van der Waals surface area contributed by atoms with Gasteiger partial charge in [0.15, 0.2) is 0 Å². The number of hydrogen-bond donors (Lipinski definition) is 0. The van der Waals surface area contributed by atoms with E-state index < -0.39 is 6.04 Å². The molecule has 2 aromatic carbocycles. The predicted molar refractivity (Wildman–Crippen MR) is 71.1 cm³/mol. The molecule has 0 aliphatic heterocycles. The van der Waals surface area contributed by atoms with Crippen LogP contribution in [0, 0.1) is 0 Å². The molecule has 4 nitrogen and oxygen atoms in total. The van der Waals surface area contributed by atoms with Crippen molar-refractivity contribution in [1.82, 2.24) is 0 Å². The van der Waals surface area contributed by atoms with Crippen LogP contribution in [0.4, 0.5) is 0 Å². The van der Waals surface area contributed by atoms with Crippen LogP contribution in [0.2, 0.25) is 0 Å². The summed E-state index contributed by atoms with van der Waals surface area (Å²) in [5.41, 5.74) is 9.53. The van der Waals surface area contributed by atoms with Crippen molar-refractivity contribution >= 4 is 16.6 Å². The number of Topliss-reactive ketones (excluding diaryl/α,β-unsaturated/α-hetero) is 1. The van der Waals surface area contributed by atoms with E-state index in [4.69, 9.17) is 5.53 Å². The van der Waals surface area contributed by atoms with Crippen molar-refractivity contribution in [2.24, 2.45) is 5.11 Å². The lowest BCUT2D eigenvalue weighted by Gasteiger charge is -2.12. The molecule has 0 aliphatic carbocycles. The Balaban J connectivity index is 2.56. The van der Waals surface area contributed by atoms with Gasteiger partial charge in [-0.3, -0.25) is 0 Å². The summed E-state index contributed by atoms with van der Waals surface area (Å²) in [5.74, 6) is 0.0142. The van der Waals surface area contributed by atoms with E-state index in [2.05, 4.69) is 10.0 Å². The summed E-state index contributed by atoms with van der Waals surface area (Å²) >= 11 is 0. The normalized spacial score (nSPS) is 11.8. The highest BCUT2D eigenvalue weighted by Crippen LogP contribution is 2.29. The number of fused-ring (bicyclic) bond motifs is 1. The number of azide groups is 1. The third kappa shape index (κ3) is 2.50. The molecule has 1 unspecified atom stereocenters. The third-order valence-electron chi connectivity index (χ3n) is 2.85. The summed E-state index contributed by atoms with van der Waals surface area (Å²) in [6, 6.07) is 13.3. The molecule has 0 aromatic heterocycles. The first-order valence-electron chi connectivity index (χ1n) is 5.73. The molecular formula is C14H13N3O. The van der Waals surface area contributed by atoms with E-state index in [0.29, 0.717) is 0 Å². The molecule has 0 aliphatic rings. The molecule has 18 heavy (non-hydrogen) atoms. The molecule has 0 bridgehead atoms. The molecule has 0 radical (unpaired) electrons. The SMILES string of the molecule is CC(=O)CC(N=[N+]=[N-])c1cccc2ccccc12. The Morgan fingerprint density at radius 1 is 1.28 bits per heavy atom. The van der Waals surface area contributed by atoms with E-state index in [-0.39, 0.29) is 12.2 Å². The van der Waals surface area contributed by atoms with Crippen molar-refractivity contribution in [3.63, 3.8) is 0 Å². The lowest BCUT2D eigenvalue weighted by molar-refractivity contribution is -0.117. The number of hydrogen-bond acceptors (Lipinski definition) is 2. The molecule has 0 spiro atoms. The lowest BCUT2D eigenvalue weighted by Crippen LogP contribution is -2.02. The van der Waals surface area contributed by atoms with Gasteiger partial charge in [-0.15, -0.1) is 0 Å².